The van der Waals surface area contributed by atoms with Gasteiger partial charge in [-0.2, -0.15) is 4.37 Å². The second-order valence-electron chi connectivity index (χ2n) is 3.47. The number of nitrogens with one attached hydrogen (secondary N) is 1. The molecule has 0 atom stereocenters. The highest BCUT2D eigenvalue weighted by Gasteiger charge is 2.08. The fourth-order valence-electron chi connectivity index (χ4n) is 1.22. The zero-order chi connectivity index (χ0) is 11.5. The van der Waals surface area contributed by atoms with Gasteiger partial charge in [-0.15, -0.1) is 0 Å². The minimum atomic E-state index is -0.156. The van der Waals surface area contributed by atoms with Crippen LogP contribution in [0, 0.1) is 13.8 Å². The van der Waals surface area contributed by atoms with E-state index in [1.807, 2.05) is 19.1 Å². The molecule has 0 unspecified atom stereocenters. The molecular weight excluding hydrogens is 222 g/mol. The molecule has 0 aliphatic heterocycles. The van der Waals surface area contributed by atoms with Crippen LogP contribution in [0.1, 0.15) is 21.7 Å². The van der Waals surface area contributed by atoms with Gasteiger partial charge in [0.15, 0.2) is 0 Å². The van der Waals surface area contributed by atoms with Crippen molar-refractivity contribution < 1.29 is 4.79 Å². The molecule has 4 nitrogen and oxygen atoms in total. The maximum Gasteiger partial charge on any atom is 0.257 e. The summed E-state index contributed by atoms with van der Waals surface area (Å²) in [7, 11) is 0. The van der Waals surface area contributed by atoms with Crippen LogP contribution in [0.25, 0.3) is 0 Å². The molecule has 2 aromatic rings. The number of amides is 1. The summed E-state index contributed by atoms with van der Waals surface area (Å²) in [5.74, 6) is 0.514. The Hall–Kier alpha value is -1.75. The summed E-state index contributed by atoms with van der Waals surface area (Å²) in [6, 6.07) is 7.39. The Kier molecular flexibility index (Phi) is 2.96. The van der Waals surface area contributed by atoms with E-state index in [4.69, 9.17) is 0 Å². The summed E-state index contributed by atoms with van der Waals surface area (Å²) in [6.07, 6.45) is 0. The van der Waals surface area contributed by atoms with Crippen LogP contribution in [0.5, 0.6) is 0 Å². The van der Waals surface area contributed by atoms with Gasteiger partial charge in [0.25, 0.3) is 5.91 Å². The monoisotopic (exact) mass is 233 g/mol. The van der Waals surface area contributed by atoms with E-state index in [1.165, 1.54) is 11.5 Å². The molecule has 0 saturated heterocycles. The Bertz CT molecular complexity index is 504. The summed E-state index contributed by atoms with van der Waals surface area (Å²) < 4.78 is 3.99. The van der Waals surface area contributed by atoms with E-state index >= 15 is 0 Å². The van der Waals surface area contributed by atoms with E-state index in [0.717, 1.165) is 5.56 Å². The van der Waals surface area contributed by atoms with Crippen molar-refractivity contribution in [2.75, 3.05) is 5.32 Å². The second-order valence-corrected chi connectivity index (χ2v) is 4.22. The lowest BCUT2D eigenvalue weighted by Gasteiger charge is -2.01. The summed E-state index contributed by atoms with van der Waals surface area (Å²) in [5.41, 5.74) is 1.75. The molecule has 0 spiro atoms. The molecule has 1 amide bonds. The van der Waals surface area contributed by atoms with E-state index in [9.17, 15) is 4.79 Å². The summed E-state index contributed by atoms with van der Waals surface area (Å²) >= 11 is 1.18. The van der Waals surface area contributed by atoms with Crippen LogP contribution in [0.2, 0.25) is 0 Å². The average molecular weight is 233 g/mol. The molecule has 0 aliphatic carbocycles. The SMILES string of the molecule is Cc1ccc(C(=O)Nc2nc(C)ns2)cc1. The van der Waals surface area contributed by atoms with Crippen LogP contribution in [-0.2, 0) is 0 Å². The third kappa shape index (κ3) is 2.43. The number of benzene rings is 1. The first-order valence-electron chi connectivity index (χ1n) is 4.83. The highest BCUT2D eigenvalue weighted by atomic mass is 32.1. The van der Waals surface area contributed by atoms with Crippen LogP contribution in [0.4, 0.5) is 5.13 Å². The van der Waals surface area contributed by atoms with Crippen molar-refractivity contribution in [3.8, 4) is 0 Å². The molecule has 0 saturated carbocycles. The predicted octanol–water partition coefficient (Wildman–Crippen LogP) is 2.41. The number of aromatic nitrogens is 2. The van der Waals surface area contributed by atoms with Crippen molar-refractivity contribution in [1.82, 2.24) is 9.36 Å². The minimum absolute atomic E-state index is 0.156. The molecule has 0 aliphatic rings. The molecule has 82 valence electrons. The van der Waals surface area contributed by atoms with Crippen molar-refractivity contribution in [2.24, 2.45) is 0 Å². The van der Waals surface area contributed by atoms with Gasteiger partial charge in [0.2, 0.25) is 5.13 Å². The Morgan fingerprint density at radius 2 is 1.94 bits per heavy atom. The van der Waals surface area contributed by atoms with Crippen LogP contribution in [0.15, 0.2) is 24.3 Å². The average Bonchev–Trinajstić information content (AvgIpc) is 2.65. The van der Waals surface area contributed by atoms with E-state index in [1.54, 1.807) is 19.1 Å². The quantitative estimate of drug-likeness (QED) is 0.866. The van der Waals surface area contributed by atoms with Crippen LogP contribution in [0.3, 0.4) is 0 Å². The van der Waals surface area contributed by atoms with Gasteiger partial charge in [-0.1, -0.05) is 17.7 Å². The predicted molar refractivity (Wildman–Crippen MR) is 63.8 cm³/mol. The number of carbonyl (C=O) groups excluding carboxylic acids is 1. The normalized spacial score (nSPS) is 10.1. The summed E-state index contributed by atoms with van der Waals surface area (Å²) in [4.78, 5) is 15.8. The molecule has 1 heterocycles. The highest BCUT2D eigenvalue weighted by molar-refractivity contribution is 7.09. The first-order valence-corrected chi connectivity index (χ1v) is 5.61. The number of rotatable bonds is 2. The fourth-order valence-corrected chi connectivity index (χ4v) is 1.79. The topological polar surface area (TPSA) is 54.9 Å². The molecule has 0 bridgehead atoms. The van der Waals surface area contributed by atoms with Gasteiger partial charge in [-0.05, 0) is 26.0 Å². The third-order valence-electron chi connectivity index (χ3n) is 2.06. The highest BCUT2D eigenvalue weighted by Crippen LogP contribution is 2.12. The van der Waals surface area contributed by atoms with Crippen molar-refractivity contribution in [3.05, 3.63) is 41.2 Å². The lowest BCUT2D eigenvalue weighted by atomic mass is 10.1. The Balaban J connectivity index is 2.11. The lowest BCUT2D eigenvalue weighted by Crippen LogP contribution is -2.11. The van der Waals surface area contributed by atoms with E-state index in [0.29, 0.717) is 16.5 Å². The molecule has 1 N–H and O–H groups in total. The maximum atomic E-state index is 11.8. The Morgan fingerprint density at radius 3 is 2.50 bits per heavy atom. The van der Waals surface area contributed by atoms with Gasteiger partial charge in [0.1, 0.15) is 5.82 Å². The lowest BCUT2D eigenvalue weighted by molar-refractivity contribution is 0.102. The summed E-state index contributed by atoms with van der Waals surface area (Å²) in [5, 5.41) is 3.24. The first-order chi connectivity index (χ1) is 7.65. The first kappa shape index (κ1) is 10.8. The third-order valence-corrected chi connectivity index (χ3v) is 2.78. The number of anilines is 1. The zero-order valence-corrected chi connectivity index (χ0v) is 9.84. The molecule has 5 heteroatoms. The molecule has 2 rings (SSSR count). The molecular formula is C11H11N3OS. The van der Waals surface area contributed by atoms with Gasteiger partial charge in [0.05, 0.1) is 0 Å². The van der Waals surface area contributed by atoms with Crippen molar-refractivity contribution in [1.29, 1.82) is 0 Å². The van der Waals surface area contributed by atoms with Crippen LogP contribution in [-0.4, -0.2) is 15.3 Å². The molecule has 0 fully saturated rings. The summed E-state index contributed by atoms with van der Waals surface area (Å²) in [6.45, 7) is 3.77. The van der Waals surface area contributed by atoms with Crippen LogP contribution < -0.4 is 5.32 Å². The Morgan fingerprint density at radius 1 is 1.25 bits per heavy atom. The number of hydrogen-bond donors (Lipinski definition) is 1. The zero-order valence-electron chi connectivity index (χ0n) is 9.02. The van der Waals surface area contributed by atoms with Gasteiger partial charge in [0, 0.05) is 17.1 Å². The van der Waals surface area contributed by atoms with Crippen molar-refractivity contribution in [3.63, 3.8) is 0 Å². The number of aryl methyl sites for hydroxylation is 2. The fraction of sp³-hybridized carbons (Fsp3) is 0.182. The molecule has 1 aromatic carbocycles. The van der Waals surface area contributed by atoms with E-state index in [2.05, 4.69) is 14.7 Å². The van der Waals surface area contributed by atoms with Gasteiger partial charge in [-0.3, -0.25) is 10.1 Å². The van der Waals surface area contributed by atoms with E-state index < -0.39 is 0 Å². The maximum absolute atomic E-state index is 11.8. The molecule has 16 heavy (non-hydrogen) atoms. The molecule has 1 aromatic heterocycles. The minimum Gasteiger partial charge on any atom is -0.297 e. The number of carbonyl (C=O) groups is 1. The van der Waals surface area contributed by atoms with Gasteiger partial charge in [-0.25, -0.2) is 4.98 Å². The van der Waals surface area contributed by atoms with Crippen molar-refractivity contribution >= 4 is 22.6 Å². The van der Waals surface area contributed by atoms with Gasteiger partial charge >= 0.3 is 0 Å². The van der Waals surface area contributed by atoms with E-state index in [-0.39, 0.29) is 5.91 Å². The molecule has 0 radical (unpaired) electrons. The van der Waals surface area contributed by atoms with Gasteiger partial charge < -0.3 is 0 Å². The smallest absolute Gasteiger partial charge is 0.257 e. The number of nitrogens with zero attached hydrogens (tertiary/aromatic N) is 2. The Labute approximate surface area is 97.5 Å². The second kappa shape index (κ2) is 4.40. The van der Waals surface area contributed by atoms with Crippen molar-refractivity contribution in [2.45, 2.75) is 13.8 Å². The standard InChI is InChI=1S/C11H11N3OS/c1-7-3-5-9(6-4-7)10(15)13-11-12-8(2)14-16-11/h3-6H,1-2H3,(H,12,13,14,15). The van der Waals surface area contributed by atoms with Crippen LogP contribution >= 0.6 is 11.5 Å². The largest absolute Gasteiger partial charge is 0.297 e. The number of hydrogen-bond acceptors (Lipinski definition) is 4.